The lowest BCUT2D eigenvalue weighted by Gasteiger charge is -2.44. The molecule has 0 bridgehead atoms. The topological polar surface area (TPSA) is 71.8 Å². The summed E-state index contributed by atoms with van der Waals surface area (Å²) in [6.07, 6.45) is 2.97. The van der Waals surface area contributed by atoms with Gasteiger partial charge in [-0.15, -0.1) is 0 Å². The maximum absolute atomic E-state index is 13.5. The molecular formula is C29H36N2O4. The lowest BCUT2D eigenvalue weighted by atomic mass is 9.64. The van der Waals surface area contributed by atoms with Crippen molar-refractivity contribution in [3.63, 3.8) is 0 Å². The average Bonchev–Trinajstić information content (AvgIpc) is 2.87. The lowest BCUT2D eigenvalue weighted by Crippen LogP contribution is -2.47. The van der Waals surface area contributed by atoms with Crippen LogP contribution >= 0.6 is 0 Å². The minimum Gasteiger partial charge on any atom is -0.493 e. The summed E-state index contributed by atoms with van der Waals surface area (Å²) in [4.78, 5) is 15.1. The van der Waals surface area contributed by atoms with Crippen molar-refractivity contribution in [3.05, 3.63) is 59.2 Å². The second-order valence-corrected chi connectivity index (χ2v) is 10.4. The predicted octanol–water partition coefficient (Wildman–Crippen LogP) is 6.05. The largest absolute Gasteiger partial charge is 0.493 e. The molecule has 1 aliphatic carbocycles. The van der Waals surface area contributed by atoms with Gasteiger partial charge in [0, 0.05) is 12.5 Å². The molecule has 0 N–H and O–H groups in total. The normalized spacial score (nSPS) is 24.2. The maximum Gasteiger partial charge on any atom is 0.411 e. The Morgan fingerprint density at radius 3 is 2.43 bits per heavy atom. The number of carbonyl (C=O) groups is 1. The van der Waals surface area contributed by atoms with E-state index in [1.54, 1.807) is 19.1 Å². The van der Waals surface area contributed by atoms with Crippen LogP contribution in [0.25, 0.3) is 0 Å². The number of rotatable bonds is 5. The van der Waals surface area contributed by atoms with Crippen LogP contribution in [-0.4, -0.2) is 37.9 Å². The zero-order chi connectivity index (χ0) is 25.2. The fourth-order valence-electron chi connectivity index (χ4n) is 5.85. The van der Waals surface area contributed by atoms with Crippen molar-refractivity contribution in [3.8, 4) is 17.6 Å². The molecule has 0 spiro atoms. The summed E-state index contributed by atoms with van der Waals surface area (Å²) in [5, 5.41) is 10.1. The Hall–Kier alpha value is -3.20. The fourth-order valence-corrected chi connectivity index (χ4v) is 5.85. The zero-order valence-electron chi connectivity index (χ0n) is 21.4. The van der Waals surface area contributed by atoms with Gasteiger partial charge < -0.3 is 14.2 Å². The Balaban J connectivity index is 1.58. The van der Waals surface area contributed by atoms with E-state index in [-0.39, 0.29) is 17.4 Å². The molecule has 0 aromatic heterocycles. The number of carbonyl (C=O) groups excluding carboxylic acids is 1. The van der Waals surface area contributed by atoms with Crippen LogP contribution in [-0.2, 0) is 16.6 Å². The van der Waals surface area contributed by atoms with Gasteiger partial charge in [0.05, 0.1) is 20.3 Å². The van der Waals surface area contributed by atoms with Crippen LogP contribution in [0, 0.1) is 23.2 Å². The molecule has 2 aromatic carbocycles. The Bertz CT molecular complexity index is 1090. The van der Waals surface area contributed by atoms with Gasteiger partial charge >= 0.3 is 6.09 Å². The molecule has 1 saturated carbocycles. The highest BCUT2D eigenvalue weighted by Gasteiger charge is 2.43. The molecule has 35 heavy (non-hydrogen) atoms. The van der Waals surface area contributed by atoms with E-state index in [9.17, 15) is 10.1 Å². The van der Waals surface area contributed by atoms with Crippen molar-refractivity contribution in [2.24, 2.45) is 11.8 Å². The third kappa shape index (κ3) is 4.82. The van der Waals surface area contributed by atoms with E-state index in [2.05, 4.69) is 51.1 Å². The second-order valence-electron chi connectivity index (χ2n) is 10.4. The molecular weight excluding hydrogens is 440 g/mol. The number of benzene rings is 2. The second kappa shape index (κ2) is 10.2. The standard InChI is InChI=1S/C29H36N2O4/c1-19-11-12-23(29(2,3)21-9-7-6-8-10-21)25(15-19)35-28(32)31-14-13-20-16-26(33-4)27(34-5)17-22(20)24(31)18-30/h6-10,16-17,19,23-25H,11-15H2,1-5H3/t19-,23-,24?,25-/m0/s1. The van der Waals surface area contributed by atoms with Crippen LogP contribution in [0.1, 0.15) is 62.8 Å². The average molecular weight is 477 g/mol. The molecule has 1 fully saturated rings. The summed E-state index contributed by atoms with van der Waals surface area (Å²) < 4.78 is 17.1. The first-order chi connectivity index (χ1) is 16.8. The molecule has 186 valence electrons. The van der Waals surface area contributed by atoms with Gasteiger partial charge in [-0.25, -0.2) is 4.79 Å². The van der Waals surface area contributed by atoms with Crippen molar-refractivity contribution in [1.29, 1.82) is 5.26 Å². The molecule has 2 aliphatic rings. The molecule has 4 atom stereocenters. The van der Waals surface area contributed by atoms with Gasteiger partial charge in [0.25, 0.3) is 0 Å². The van der Waals surface area contributed by atoms with Gasteiger partial charge in [-0.05, 0) is 59.4 Å². The number of hydrogen-bond donors (Lipinski definition) is 0. The minimum absolute atomic E-state index is 0.139. The number of nitrogens with zero attached hydrogens (tertiary/aromatic N) is 2. The van der Waals surface area contributed by atoms with Gasteiger partial charge in [0.2, 0.25) is 0 Å². The predicted molar refractivity (Wildman–Crippen MR) is 135 cm³/mol. The monoisotopic (exact) mass is 476 g/mol. The van der Waals surface area contributed by atoms with Gasteiger partial charge in [0.1, 0.15) is 12.1 Å². The summed E-state index contributed by atoms with van der Waals surface area (Å²) >= 11 is 0. The fraction of sp³-hybridized carbons (Fsp3) is 0.517. The number of ether oxygens (including phenoxy) is 3. The molecule has 0 saturated heterocycles. The van der Waals surface area contributed by atoms with Crippen LogP contribution in [0.5, 0.6) is 11.5 Å². The van der Waals surface area contributed by atoms with E-state index < -0.39 is 12.1 Å². The van der Waals surface area contributed by atoms with Crippen LogP contribution < -0.4 is 9.47 Å². The van der Waals surface area contributed by atoms with E-state index in [1.807, 2.05) is 18.2 Å². The third-order valence-corrected chi connectivity index (χ3v) is 7.98. The Labute approximate surface area is 208 Å². The first kappa shape index (κ1) is 24.9. The maximum atomic E-state index is 13.5. The Morgan fingerprint density at radius 1 is 1.09 bits per heavy atom. The van der Waals surface area contributed by atoms with Crippen molar-refractivity contribution in [2.45, 2.75) is 64.0 Å². The highest BCUT2D eigenvalue weighted by molar-refractivity contribution is 5.70. The summed E-state index contributed by atoms with van der Waals surface area (Å²) in [5.74, 6) is 1.86. The van der Waals surface area contributed by atoms with Crippen molar-refractivity contribution in [2.75, 3.05) is 20.8 Å². The van der Waals surface area contributed by atoms with Crippen molar-refractivity contribution >= 4 is 6.09 Å². The quantitative estimate of drug-likeness (QED) is 0.526. The molecule has 0 radical (unpaired) electrons. The first-order valence-electron chi connectivity index (χ1n) is 12.5. The van der Waals surface area contributed by atoms with Gasteiger partial charge in [-0.3, -0.25) is 4.90 Å². The summed E-state index contributed by atoms with van der Waals surface area (Å²) in [6.45, 7) is 7.15. The molecule has 2 aromatic rings. The molecule has 4 rings (SSSR count). The van der Waals surface area contributed by atoms with Crippen LogP contribution in [0.2, 0.25) is 0 Å². The SMILES string of the molecule is COc1cc2c(cc1OC)C(C#N)N(C(=O)O[C@H]1C[C@@H](C)CC[C@@H]1C(C)(C)c1ccccc1)CC2. The Kier molecular flexibility index (Phi) is 7.25. The molecule has 6 nitrogen and oxygen atoms in total. The summed E-state index contributed by atoms with van der Waals surface area (Å²) in [7, 11) is 3.16. The first-order valence-corrected chi connectivity index (χ1v) is 12.5. The molecule has 1 amide bonds. The van der Waals surface area contributed by atoms with E-state index in [4.69, 9.17) is 14.2 Å². The lowest BCUT2D eigenvalue weighted by molar-refractivity contribution is -0.0213. The number of nitriles is 1. The minimum atomic E-state index is -0.729. The Morgan fingerprint density at radius 2 is 1.77 bits per heavy atom. The van der Waals surface area contributed by atoms with Crippen molar-refractivity contribution in [1.82, 2.24) is 4.90 Å². The molecule has 1 aliphatic heterocycles. The van der Waals surface area contributed by atoms with Crippen LogP contribution in [0.3, 0.4) is 0 Å². The zero-order valence-corrected chi connectivity index (χ0v) is 21.4. The summed E-state index contributed by atoms with van der Waals surface area (Å²) in [6, 6.07) is 15.8. The van der Waals surface area contributed by atoms with Gasteiger partial charge in [-0.2, -0.15) is 5.26 Å². The summed E-state index contributed by atoms with van der Waals surface area (Å²) in [5.41, 5.74) is 2.88. The molecule has 1 unspecified atom stereocenters. The van der Waals surface area contributed by atoms with E-state index in [0.29, 0.717) is 30.4 Å². The van der Waals surface area contributed by atoms with Gasteiger partial charge in [-0.1, -0.05) is 57.5 Å². The highest BCUT2D eigenvalue weighted by Crippen LogP contribution is 2.44. The van der Waals surface area contributed by atoms with Crippen molar-refractivity contribution < 1.29 is 19.0 Å². The van der Waals surface area contributed by atoms with Gasteiger partial charge in [0.15, 0.2) is 11.5 Å². The number of fused-ring (bicyclic) bond motifs is 1. The number of amides is 1. The molecule has 1 heterocycles. The van der Waals surface area contributed by atoms with E-state index in [1.165, 1.54) is 5.56 Å². The van der Waals surface area contributed by atoms with Crippen LogP contribution in [0.15, 0.2) is 42.5 Å². The number of hydrogen-bond acceptors (Lipinski definition) is 5. The third-order valence-electron chi connectivity index (χ3n) is 7.98. The highest BCUT2D eigenvalue weighted by atomic mass is 16.6. The van der Waals surface area contributed by atoms with E-state index in [0.717, 1.165) is 30.4 Å². The van der Waals surface area contributed by atoms with E-state index >= 15 is 0 Å². The van der Waals surface area contributed by atoms with Crippen LogP contribution in [0.4, 0.5) is 4.79 Å². The smallest absolute Gasteiger partial charge is 0.411 e. The number of methoxy groups -OCH3 is 2. The molecule has 6 heteroatoms.